The number of hydrogen-bond acceptors (Lipinski definition) is 7. The summed E-state index contributed by atoms with van der Waals surface area (Å²) in [7, 11) is 0. The molecule has 1 atom stereocenters. The van der Waals surface area contributed by atoms with Crippen molar-refractivity contribution in [3.63, 3.8) is 0 Å². The molecule has 0 aromatic heterocycles. The molecule has 0 saturated carbocycles. The Morgan fingerprint density at radius 1 is 1.17 bits per heavy atom. The molecule has 0 aliphatic heterocycles. The molecule has 0 fully saturated rings. The fourth-order valence-electron chi connectivity index (χ4n) is 2.11. The van der Waals surface area contributed by atoms with Crippen molar-refractivity contribution in [1.82, 2.24) is 10.6 Å². The summed E-state index contributed by atoms with van der Waals surface area (Å²) in [5.74, 6) is -0.491. The van der Waals surface area contributed by atoms with Gasteiger partial charge in [0.15, 0.2) is 6.10 Å². The van der Waals surface area contributed by atoms with Crippen molar-refractivity contribution in [2.75, 3.05) is 5.75 Å². The zero-order valence-corrected chi connectivity index (χ0v) is 18.0. The van der Waals surface area contributed by atoms with Crippen LogP contribution in [0.3, 0.4) is 0 Å². The molecule has 0 radical (unpaired) electrons. The number of nitro groups is 1. The van der Waals surface area contributed by atoms with E-state index in [2.05, 4.69) is 24.5 Å². The number of nitrogens with one attached hydrogen (secondary N) is 2. The normalized spacial score (nSPS) is 11.8. The Labute approximate surface area is 174 Å². The van der Waals surface area contributed by atoms with Gasteiger partial charge in [-0.15, -0.1) is 11.8 Å². The number of hydrogen-bond donors (Lipinski definition) is 2. The van der Waals surface area contributed by atoms with Crippen molar-refractivity contribution in [2.24, 2.45) is 5.92 Å². The van der Waals surface area contributed by atoms with Gasteiger partial charge in [-0.2, -0.15) is 0 Å². The highest BCUT2D eigenvalue weighted by Crippen LogP contribution is 2.31. The Morgan fingerprint density at radius 3 is 2.38 bits per heavy atom. The van der Waals surface area contributed by atoms with Crippen molar-refractivity contribution in [3.05, 3.63) is 33.9 Å². The van der Waals surface area contributed by atoms with Crippen LogP contribution >= 0.6 is 11.8 Å². The highest BCUT2D eigenvalue weighted by Gasteiger charge is 2.23. The molecule has 0 aliphatic carbocycles. The number of nitro benzene ring substituents is 1. The number of thioether (sulfide) groups is 1. The first kappa shape index (κ1) is 24.4. The molecular formula is C19H27N3O6S. The van der Waals surface area contributed by atoms with Gasteiger partial charge in [0.05, 0.1) is 15.4 Å². The Bertz CT molecular complexity index is 766. The molecular weight excluding hydrogens is 398 g/mol. The Hall–Kier alpha value is -2.62. The molecule has 1 aromatic carbocycles. The van der Waals surface area contributed by atoms with Gasteiger partial charge < -0.3 is 10.1 Å². The molecule has 0 unspecified atom stereocenters. The van der Waals surface area contributed by atoms with E-state index in [1.54, 1.807) is 13.8 Å². The maximum atomic E-state index is 12.3. The number of esters is 1. The van der Waals surface area contributed by atoms with Gasteiger partial charge in [-0.25, -0.2) is 9.59 Å². The summed E-state index contributed by atoms with van der Waals surface area (Å²) >= 11 is 1.35. The lowest BCUT2D eigenvalue weighted by atomic mass is 10.2. The molecule has 3 amide bonds. The lowest BCUT2D eigenvalue weighted by molar-refractivity contribution is -0.387. The molecule has 29 heavy (non-hydrogen) atoms. The number of rotatable bonds is 9. The van der Waals surface area contributed by atoms with Crippen molar-refractivity contribution < 1.29 is 24.0 Å². The summed E-state index contributed by atoms with van der Waals surface area (Å²) in [6, 6.07) is 3.18. The van der Waals surface area contributed by atoms with E-state index in [-0.39, 0.29) is 17.3 Å². The minimum Gasteiger partial charge on any atom is -0.449 e. The molecule has 160 valence electrons. The minimum atomic E-state index is -1.25. The van der Waals surface area contributed by atoms with E-state index in [0.717, 1.165) is 18.2 Å². The monoisotopic (exact) mass is 425 g/mol. The highest BCUT2D eigenvalue weighted by molar-refractivity contribution is 7.99. The molecule has 2 N–H and O–H groups in total. The number of carbonyl (C=O) groups is 3. The Morgan fingerprint density at radius 2 is 1.83 bits per heavy atom. The minimum absolute atomic E-state index is 0.0452. The van der Waals surface area contributed by atoms with E-state index in [0.29, 0.717) is 10.8 Å². The predicted octanol–water partition coefficient (Wildman–Crippen LogP) is 3.51. The lowest BCUT2D eigenvalue weighted by Crippen LogP contribution is -2.46. The third-order valence-corrected chi connectivity index (χ3v) is 4.75. The van der Waals surface area contributed by atoms with Crippen LogP contribution in [0.1, 0.15) is 51.4 Å². The fraction of sp³-hybridized carbons (Fsp3) is 0.526. The van der Waals surface area contributed by atoms with Gasteiger partial charge >= 0.3 is 12.0 Å². The van der Waals surface area contributed by atoms with Crippen LogP contribution in [0.4, 0.5) is 10.5 Å². The van der Waals surface area contributed by atoms with Crippen LogP contribution in [0.2, 0.25) is 0 Å². The van der Waals surface area contributed by atoms with Crippen LogP contribution in [0, 0.1) is 16.0 Å². The van der Waals surface area contributed by atoms with Crippen LogP contribution in [0.15, 0.2) is 23.1 Å². The molecule has 0 bridgehead atoms. The quantitative estimate of drug-likeness (QED) is 0.268. The molecule has 9 nitrogen and oxygen atoms in total. The van der Waals surface area contributed by atoms with Crippen LogP contribution in [-0.2, 0) is 9.53 Å². The van der Waals surface area contributed by atoms with Crippen LogP contribution in [0.5, 0.6) is 0 Å². The van der Waals surface area contributed by atoms with Crippen LogP contribution in [0.25, 0.3) is 0 Å². The third-order valence-electron chi connectivity index (χ3n) is 3.65. The number of benzene rings is 1. The molecule has 10 heteroatoms. The van der Waals surface area contributed by atoms with E-state index < -0.39 is 28.9 Å². The summed E-state index contributed by atoms with van der Waals surface area (Å²) in [5, 5.41) is 15.9. The van der Waals surface area contributed by atoms with E-state index in [1.807, 2.05) is 0 Å². The number of urea groups is 1. The standard InChI is InChI=1S/C19H27N3O6S/c1-11(2)8-9-29-16-7-6-14(10-15(16)22(26)27)18(24)28-13(5)17(23)21-19(25)20-12(3)4/h6-7,10-13H,8-9H2,1-5H3,(H2,20,21,23,25)/t13-/m1/s1. The average molecular weight is 426 g/mol. The van der Waals surface area contributed by atoms with E-state index in [1.165, 1.54) is 30.8 Å². The second-order valence-electron chi connectivity index (χ2n) is 7.14. The summed E-state index contributed by atoms with van der Waals surface area (Å²) < 4.78 is 5.03. The second kappa shape index (κ2) is 11.4. The largest absolute Gasteiger partial charge is 0.449 e. The van der Waals surface area contributed by atoms with Gasteiger partial charge in [-0.05, 0) is 51.0 Å². The summed E-state index contributed by atoms with van der Waals surface area (Å²) in [6.45, 7) is 8.90. The zero-order valence-electron chi connectivity index (χ0n) is 17.2. The van der Waals surface area contributed by atoms with Crippen molar-refractivity contribution in [2.45, 2.75) is 58.1 Å². The first-order valence-corrected chi connectivity index (χ1v) is 10.2. The van der Waals surface area contributed by atoms with Crippen molar-refractivity contribution in [1.29, 1.82) is 0 Å². The van der Waals surface area contributed by atoms with Gasteiger partial charge in [0, 0.05) is 12.1 Å². The molecule has 0 spiro atoms. The topological polar surface area (TPSA) is 128 Å². The van der Waals surface area contributed by atoms with Crippen LogP contribution in [-0.4, -0.2) is 40.7 Å². The van der Waals surface area contributed by atoms with Crippen molar-refractivity contribution >= 4 is 35.4 Å². The molecule has 0 saturated heterocycles. The van der Waals surface area contributed by atoms with Gasteiger partial charge in [0.1, 0.15) is 0 Å². The third kappa shape index (κ3) is 8.51. The van der Waals surface area contributed by atoms with Gasteiger partial charge in [-0.3, -0.25) is 20.2 Å². The number of carbonyl (C=O) groups excluding carboxylic acids is 3. The van der Waals surface area contributed by atoms with E-state index in [4.69, 9.17) is 4.74 Å². The van der Waals surface area contributed by atoms with Crippen molar-refractivity contribution in [3.8, 4) is 0 Å². The first-order chi connectivity index (χ1) is 13.5. The second-order valence-corrected chi connectivity index (χ2v) is 8.27. The van der Waals surface area contributed by atoms with Gasteiger partial charge in [0.25, 0.3) is 11.6 Å². The summed E-state index contributed by atoms with van der Waals surface area (Å²) in [6.07, 6.45) is -0.345. The van der Waals surface area contributed by atoms with Gasteiger partial charge in [-0.1, -0.05) is 13.8 Å². The maximum absolute atomic E-state index is 12.3. The predicted molar refractivity (Wildman–Crippen MR) is 110 cm³/mol. The highest BCUT2D eigenvalue weighted by atomic mass is 32.2. The van der Waals surface area contributed by atoms with Crippen LogP contribution < -0.4 is 10.6 Å². The maximum Gasteiger partial charge on any atom is 0.339 e. The number of amides is 3. The number of ether oxygens (including phenoxy) is 1. The molecule has 1 aromatic rings. The SMILES string of the molecule is CC(C)CCSc1ccc(C(=O)O[C@H](C)C(=O)NC(=O)NC(C)C)cc1[N+](=O)[O-]. The van der Waals surface area contributed by atoms with E-state index in [9.17, 15) is 24.5 Å². The Kier molecular flexibility index (Phi) is 9.60. The first-order valence-electron chi connectivity index (χ1n) is 9.24. The van der Waals surface area contributed by atoms with E-state index >= 15 is 0 Å². The van der Waals surface area contributed by atoms with Gasteiger partial charge in [0.2, 0.25) is 0 Å². The smallest absolute Gasteiger partial charge is 0.339 e. The Balaban J connectivity index is 2.80. The molecule has 0 heterocycles. The molecule has 1 rings (SSSR count). The average Bonchev–Trinajstić information content (AvgIpc) is 2.60. The number of imide groups is 1. The number of nitrogens with zero attached hydrogens (tertiary/aromatic N) is 1. The zero-order chi connectivity index (χ0) is 22.1. The lowest BCUT2D eigenvalue weighted by Gasteiger charge is -2.14. The molecule has 0 aliphatic rings. The summed E-state index contributed by atoms with van der Waals surface area (Å²) in [4.78, 5) is 47.0. The summed E-state index contributed by atoms with van der Waals surface area (Å²) in [5.41, 5.74) is -0.238. The fourth-order valence-corrected chi connectivity index (χ4v) is 3.36.